The molecular formula is C22H19N2O+. The van der Waals surface area contributed by atoms with Crippen molar-refractivity contribution in [3.05, 3.63) is 70.7 Å². The summed E-state index contributed by atoms with van der Waals surface area (Å²) in [5.74, 6) is 0. The van der Waals surface area contributed by atoms with Crippen LogP contribution in [0.5, 0.6) is 0 Å². The average Bonchev–Trinajstić information content (AvgIpc) is 3.03. The largest absolute Gasteiger partial charge is 0.466 e. The quantitative estimate of drug-likeness (QED) is 0.331. The lowest BCUT2D eigenvalue weighted by Gasteiger charge is -2.06. The third-order valence-electron chi connectivity index (χ3n) is 4.57. The summed E-state index contributed by atoms with van der Waals surface area (Å²) in [4.78, 5) is 3.53. The van der Waals surface area contributed by atoms with Gasteiger partial charge in [0, 0.05) is 27.0 Å². The highest BCUT2D eigenvalue weighted by Gasteiger charge is 2.22. The Morgan fingerprint density at radius 1 is 1.16 bits per heavy atom. The molecule has 122 valence electrons. The van der Waals surface area contributed by atoms with E-state index in [0.717, 1.165) is 22.4 Å². The first kappa shape index (κ1) is 11.4. The summed E-state index contributed by atoms with van der Waals surface area (Å²) >= 11 is 0. The number of aryl methyl sites for hydroxylation is 4. The standard InChI is InChI=1S/C22H19N2O/c1-13-10-11-24(5)18(12-13)20-15(3)6-8-16-19-14(2)7-9-17(23-4)22(19)25-21(16)20/h6-12H,1-3,5H3/q+1/i2D3,10D. The maximum absolute atomic E-state index is 8.03. The third-order valence-corrected chi connectivity index (χ3v) is 4.57. The van der Waals surface area contributed by atoms with Gasteiger partial charge >= 0.3 is 0 Å². The predicted octanol–water partition coefficient (Wildman–Crippen LogP) is 5.55. The first-order chi connectivity index (χ1) is 13.6. The fourth-order valence-corrected chi connectivity index (χ4v) is 3.30. The van der Waals surface area contributed by atoms with Gasteiger partial charge in [0.2, 0.25) is 11.4 Å². The fraction of sp³-hybridized carbons (Fsp3) is 0.182. The number of hydrogen-bond acceptors (Lipinski definition) is 1. The van der Waals surface area contributed by atoms with E-state index < -0.39 is 6.85 Å². The lowest BCUT2D eigenvalue weighted by molar-refractivity contribution is -0.660. The summed E-state index contributed by atoms with van der Waals surface area (Å²) in [6.07, 6.45) is 1.74. The van der Waals surface area contributed by atoms with Crippen molar-refractivity contribution >= 4 is 27.6 Å². The Balaban J connectivity index is 2.21. The lowest BCUT2D eigenvalue weighted by atomic mass is 9.98. The molecule has 0 atom stereocenters. The van der Waals surface area contributed by atoms with Gasteiger partial charge in [-0.05, 0) is 37.4 Å². The minimum Gasteiger partial charge on any atom is -0.466 e. The third kappa shape index (κ3) is 2.22. The average molecular weight is 331 g/mol. The van der Waals surface area contributed by atoms with Crippen LogP contribution in [0, 0.1) is 27.3 Å². The van der Waals surface area contributed by atoms with Crippen LogP contribution in [0.4, 0.5) is 5.69 Å². The molecule has 0 aliphatic carbocycles. The summed E-state index contributed by atoms with van der Waals surface area (Å²) in [6.45, 7) is 8.99. The van der Waals surface area contributed by atoms with Gasteiger partial charge in [-0.3, -0.25) is 0 Å². The molecule has 4 rings (SSSR count). The second-order valence-corrected chi connectivity index (χ2v) is 6.28. The number of pyridine rings is 1. The van der Waals surface area contributed by atoms with Crippen LogP contribution in [0.25, 0.3) is 38.0 Å². The Labute approximate surface area is 152 Å². The molecule has 2 aromatic carbocycles. The van der Waals surface area contributed by atoms with Crippen molar-refractivity contribution in [2.75, 3.05) is 0 Å². The van der Waals surface area contributed by atoms with E-state index in [1.165, 1.54) is 12.1 Å². The van der Waals surface area contributed by atoms with Gasteiger partial charge in [-0.25, -0.2) is 9.41 Å². The van der Waals surface area contributed by atoms with E-state index in [4.69, 9.17) is 16.5 Å². The monoisotopic (exact) mass is 331 g/mol. The highest BCUT2D eigenvalue weighted by Crippen LogP contribution is 2.41. The van der Waals surface area contributed by atoms with Crippen molar-refractivity contribution in [3.8, 4) is 11.3 Å². The van der Waals surface area contributed by atoms with Crippen molar-refractivity contribution in [2.24, 2.45) is 7.05 Å². The van der Waals surface area contributed by atoms with Gasteiger partial charge in [-0.2, -0.15) is 0 Å². The van der Waals surface area contributed by atoms with Crippen LogP contribution in [0.3, 0.4) is 0 Å². The Morgan fingerprint density at radius 2 is 1.96 bits per heavy atom. The van der Waals surface area contributed by atoms with Gasteiger partial charge in [-0.1, -0.05) is 24.3 Å². The van der Waals surface area contributed by atoms with Crippen molar-refractivity contribution < 1.29 is 14.5 Å². The van der Waals surface area contributed by atoms with Crippen LogP contribution >= 0.6 is 0 Å². The smallest absolute Gasteiger partial charge is 0.229 e. The van der Waals surface area contributed by atoms with Crippen LogP contribution in [-0.4, -0.2) is 0 Å². The molecule has 0 bridgehead atoms. The minimum absolute atomic E-state index is 0.176. The molecule has 0 saturated carbocycles. The second-order valence-electron chi connectivity index (χ2n) is 6.28. The zero-order valence-corrected chi connectivity index (χ0v) is 14.3. The van der Waals surface area contributed by atoms with Crippen LogP contribution in [-0.2, 0) is 7.05 Å². The first-order valence-corrected chi connectivity index (χ1v) is 7.97. The highest BCUT2D eigenvalue weighted by molar-refractivity contribution is 6.14. The molecule has 0 aliphatic heterocycles. The van der Waals surface area contributed by atoms with Gasteiger partial charge in [0.05, 0.1) is 13.5 Å². The van der Waals surface area contributed by atoms with Crippen molar-refractivity contribution in [3.63, 3.8) is 0 Å². The van der Waals surface area contributed by atoms with Crippen molar-refractivity contribution in [2.45, 2.75) is 20.7 Å². The first-order valence-electron chi connectivity index (χ1n) is 9.97. The molecular weight excluding hydrogens is 308 g/mol. The number of aromatic nitrogens is 1. The van der Waals surface area contributed by atoms with E-state index in [-0.39, 0.29) is 11.3 Å². The summed E-state index contributed by atoms with van der Waals surface area (Å²) in [5.41, 5.74) is 4.79. The number of nitrogens with zero attached hydrogens (tertiary/aromatic N) is 2. The molecule has 2 heterocycles. The molecule has 3 heteroatoms. The SMILES string of the molecule is [2H]c1c[n+](C)c(-c2c(C)ccc3c2oc2c([N+]#[C-])ccc(C([2H])([2H])[2H])c23)cc1C. The highest BCUT2D eigenvalue weighted by atomic mass is 16.3. The minimum atomic E-state index is -2.32. The van der Waals surface area contributed by atoms with Gasteiger partial charge < -0.3 is 4.42 Å². The van der Waals surface area contributed by atoms with E-state index in [2.05, 4.69) is 4.85 Å². The molecule has 2 aromatic heterocycles. The van der Waals surface area contributed by atoms with Crippen molar-refractivity contribution in [1.29, 1.82) is 0 Å². The molecule has 0 amide bonds. The van der Waals surface area contributed by atoms with Gasteiger partial charge in [0.1, 0.15) is 18.2 Å². The Morgan fingerprint density at radius 3 is 2.72 bits per heavy atom. The molecule has 0 N–H and O–H groups in total. The Hall–Kier alpha value is -3.12. The number of benzene rings is 2. The molecule has 4 aromatic rings. The Kier molecular flexibility index (Phi) is 2.50. The van der Waals surface area contributed by atoms with Gasteiger partial charge in [0.25, 0.3) is 0 Å². The number of furan rings is 1. The van der Waals surface area contributed by atoms with Crippen LogP contribution in [0.15, 0.2) is 47.0 Å². The van der Waals surface area contributed by atoms with E-state index in [9.17, 15) is 0 Å². The molecule has 0 saturated heterocycles. The normalized spacial score (nSPS) is 14.0. The van der Waals surface area contributed by atoms with Crippen LogP contribution in [0.2, 0.25) is 0 Å². The summed E-state index contributed by atoms with van der Waals surface area (Å²) in [7, 11) is 1.87. The molecule has 0 aliphatic rings. The number of fused-ring (bicyclic) bond motifs is 3. The molecule has 0 spiro atoms. The van der Waals surface area contributed by atoms with E-state index in [1.807, 2.05) is 43.7 Å². The van der Waals surface area contributed by atoms with Crippen LogP contribution < -0.4 is 4.57 Å². The van der Waals surface area contributed by atoms with Crippen molar-refractivity contribution in [1.82, 2.24) is 0 Å². The second kappa shape index (κ2) is 5.46. The summed E-state index contributed by atoms with van der Waals surface area (Å²) < 4.78 is 39.9. The molecule has 25 heavy (non-hydrogen) atoms. The molecule has 3 nitrogen and oxygen atoms in total. The number of rotatable bonds is 1. The summed E-state index contributed by atoms with van der Waals surface area (Å²) in [6, 6.07) is 9.16. The van der Waals surface area contributed by atoms with Gasteiger partial charge in [0.15, 0.2) is 6.20 Å². The zero-order chi connectivity index (χ0) is 21.1. The maximum atomic E-state index is 8.03. The van der Waals surface area contributed by atoms with Gasteiger partial charge in [-0.15, -0.1) is 0 Å². The lowest BCUT2D eigenvalue weighted by Crippen LogP contribution is -2.30. The van der Waals surface area contributed by atoms with E-state index >= 15 is 0 Å². The molecule has 0 radical (unpaired) electrons. The van der Waals surface area contributed by atoms with Crippen LogP contribution in [0.1, 0.15) is 22.2 Å². The summed E-state index contributed by atoms with van der Waals surface area (Å²) in [5, 5.41) is 1.14. The van der Waals surface area contributed by atoms with E-state index in [0.29, 0.717) is 28.0 Å². The number of hydrogen-bond donors (Lipinski definition) is 0. The van der Waals surface area contributed by atoms with E-state index in [1.54, 1.807) is 6.20 Å². The zero-order valence-electron chi connectivity index (χ0n) is 18.3. The fourth-order valence-electron chi connectivity index (χ4n) is 3.30. The Bertz CT molecular complexity index is 1340. The maximum Gasteiger partial charge on any atom is 0.229 e. The molecule has 0 fully saturated rings. The molecule has 0 unspecified atom stereocenters. The topological polar surface area (TPSA) is 21.4 Å². The predicted molar refractivity (Wildman–Crippen MR) is 101 cm³/mol.